The number of nitrogens with one attached hydrogen (secondary N) is 2. The molecule has 0 spiro atoms. The van der Waals surface area contributed by atoms with Crippen LogP contribution in [0.15, 0.2) is 22.5 Å². The van der Waals surface area contributed by atoms with Gasteiger partial charge in [-0.3, -0.25) is 4.99 Å². The summed E-state index contributed by atoms with van der Waals surface area (Å²) in [5.74, 6) is 0.899. The van der Waals surface area contributed by atoms with Crippen LogP contribution in [-0.4, -0.2) is 46.0 Å². The molecule has 1 aromatic heterocycles. The molecular formula is C13H23N3O2S2. The van der Waals surface area contributed by atoms with Crippen LogP contribution in [0, 0.1) is 0 Å². The maximum absolute atomic E-state index is 11.1. The third kappa shape index (κ3) is 7.49. The van der Waals surface area contributed by atoms with Gasteiger partial charge in [-0.1, -0.05) is 6.07 Å². The third-order valence-electron chi connectivity index (χ3n) is 2.77. The monoisotopic (exact) mass is 317 g/mol. The molecule has 1 unspecified atom stereocenters. The fourth-order valence-corrected chi connectivity index (χ4v) is 3.14. The number of hydrogen-bond donors (Lipinski definition) is 2. The molecule has 0 aliphatic rings. The first kappa shape index (κ1) is 17.0. The Bertz CT molecular complexity index is 510. The van der Waals surface area contributed by atoms with Crippen molar-refractivity contribution in [2.75, 3.05) is 25.6 Å². The Morgan fingerprint density at radius 2 is 2.25 bits per heavy atom. The van der Waals surface area contributed by atoms with Crippen molar-refractivity contribution < 1.29 is 8.42 Å². The number of nitrogens with zero attached hydrogens (tertiary/aromatic N) is 1. The number of hydrogen-bond acceptors (Lipinski definition) is 4. The summed E-state index contributed by atoms with van der Waals surface area (Å²) < 4.78 is 22.2. The molecule has 1 rings (SSSR count). The van der Waals surface area contributed by atoms with Gasteiger partial charge in [0.1, 0.15) is 9.84 Å². The van der Waals surface area contributed by atoms with Gasteiger partial charge in [0.05, 0.1) is 5.75 Å². The van der Waals surface area contributed by atoms with Crippen molar-refractivity contribution in [2.24, 2.45) is 4.99 Å². The number of sulfone groups is 1. The van der Waals surface area contributed by atoms with Crippen molar-refractivity contribution in [2.45, 2.75) is 25.8 Å². The standard InChI is InChI=1S/C13H23N3O2S2/c1-11(7-10-20(3,17)18)16-13(14-2)15-8-6-12-5-4-9-19-12/h4-5,9,11H,6-8,10H2,1-3H3,(H2,14,15,16). The van der Waals surface area contributed by atoms with Gasteiger partial charge in [0.25, 0.3) is 0 Å². The topological polar surface area (TPSA) is 70.6 Å². The lowest BCUT2D eigenvalue weighted by atomic mass is 10.3. The number of guanidine groups is 1. The lowest BCUT2D eigenvalue weighted by Crippen LogP contribution is -2.43. The summed E-state index contributed by atoms with van der Waals surface area (Å²) in [6.07, 6.45) is 2.79. The van der Waals surface area contributed by atoms with E-state index in [1.165, 1.54) is 11.1 Å². The summed E-state index contributed by atoms with van der Waals surface area (Å²) in [5.41, 5.74) is 0. The van der Waals surface area contributed by atoms with Gasteiger partial charge in [0.15, 0.2) is 5.96 Å². The highest BCUT2D eigenvalue weighted by Gasteiger charge is 2.09. The van der Waals surface area contributed by atoms with Crippen LogP contribution >= 0.6 is 11.3 Å². The van der Waals surface area contributed by atoms with Crippen molar-refractivity contribution >= 4 is 27.1 Å². The highest BCUT2D eigenvalue weighted by atomic mass is 32.2. The molecule has 0 aliphatic heterocycles. The Morgan fingerprint density at radius 1 is 1.50 bits per heavy atom. The second-order valence-electron chi connectivity index (χ2n) is 4.79. The average Bonchev–Trinajstić information content (AvgIpc) is 2.87. The van der Waals surface area contributed by atoms with E-state index in [2.05, 4.69) is 27.1 Å². The molecule has 0 saturated carbocycles. The van der Waals surface area contributed by atoms with Crippen molar-refractivity contribution in [3.05, 3.63) is 22.4 Å². The Hall–Kier alpha value is -1.08. The number of aliphatic imine (C=N–C) groups is 1. The summed E-state index contributed by atoms with van der Waals surface area (Å²) in [6, 6.07) is 4.22. The van der Waals surface area contributed by atoms with Gasteiger partial charge in [-0.15, -0.1) is 11.3 Å². The fourth-order valence-electron chi connectivity index (χ4n) is 1.65. The molecule has 2 N–H and O–H groups in total. The molecule has 0 saturated heterocycles. The molecule has 0 radical (unpaired) electrons. The fraction of sp³-hybridized carbons (Fsp3) is 0.615. The van der Waals surface area contributed by atoms with Crippen LogP contribution in [0.5, 0.6) is 0 Å². The minimum absolute atomic E-state index is 0.0673. The summed E-state index contributed by atoms with van der Waals surface area (Å²) in [4.78, 5) is 5.47. The van der Waals surface area contributed by atoms with Gasteiger partial charge < -0.3 is 10.6 Å². The summed E-state index contributed by atoms with van der Waals surface area (Å²) in [7, 11) is -1.20. The molecule has 20 heavy (non-hydrogen) atoms. The molecule has 0 aliphatic carbocycles. The Balaban J connectivity index is 2.28. The highest BCUT2D eigenvalue weighted by Crippen LogP contribution is 2.07. The van der Waals surface area contributed by atoms with Crippen LogP contribution in [0.1, 0.15) is 18.2 Å². The van der Waals surface area contributed by atoms with Gasteiger partial charge in [-0.25, -0.2) is 8.42 Å². The Labute approximate surface area is 125 Å². The maximum atomic E-state index is 11.1. The van der Waals surface area contributed by atoms with Crippen LogP contribution in [-0.2, 0) is 16.3 Å². The summed E-state index contributed by atoms with van der Waals surface area (Å²) >= 11 is 1.74. The molecule has 0 amide bonds. The van der Waals surface area contributed by atoms with Gasteiger partial charge in [0.2, 0.25) is 0 Å². The van der Waals surface area contributed by atoms with Crippen LogP contribution in [0.3, 0.4) is 0 Å². The minimum Gasteiger partial charge on any atom is -0.356 e. The molecule has 0 aromatic carbocycles. The van der Waals surface area contributed by atoms with Gasteiger partial charge in [-0.2, -0.15) is 0 Å². The quantitative estimate of drug-likeness (QED) is 0.587. The molecule has 114 valence electrons. The van der Waals surface area contributed by atoms with E-state index in [0.29, 0.717) is 12.4 Å². The molecule has 7 heteroatoms. The van der Waals surface area contributed by atoms with Crippen molar-refractivity contribution in [3.8, 4) is 0 Å². The SMILES string of the molecule is CN=C(NCCc1cccs1)NC(C)CCS(C)(=O)=O. The van der Waals surface area contributed by atoms with E-state index in [1.807, 2.05) is 13.0 Å². The first-order chi connectivity index (χ1) is 9.40. The molecule has 1 atom stereocenters. The minimum atomic E-state index is -2.91. The summed E-state index contributed by atoms with van der Waals surface area (Å²) in [6.45, 7) is 2.76. The van der Waals surface area contributed by atoms with E-state index >= 15 is 0 Å². The van der Waals surface area contributed by atoms with Crippen LogP contribution in [0.25, 0.3) is 0 Å². The lowest BCUT2D eigenvalue weighted by molar-refractivity contribution is 0.581. The highest BCUT2D eigenvalue weighted by molar-refractivity contribution is 7.90. The molecule has 1 aromatic rings. The normalized spacial score (nSPS) is 14.1. The molecule has 5 nitrogen and oxygen atoms in total. The van der Waals surface area contributed by atoms with Crippen molar-refractivity contribution in [3.63, 3.8) is 0 Å². The lowest BCUT2D eigenvalue weighted by Gasteiger charge is -2.17. The second-order valence-corrected chi connectivity index (χ2v) is 8.08. The second kappa shape index (κ2) is 8.26. The smallest absolute Gasteiger partial charge is 0.191 e. The molecule has 1 heterocycles. The molecular weight excluding hydrogens is 294 g/mol. The van der Waals surface area contributed by atoms with E-state index in [4.69, 9.17) is 0 Å². The first-order valence-electron chi connectivity index (χ1n) is 6.58. The van der Waals surface area contributed by atoms with E-state index in [9.17, 15) is 8.42 Å². The zero-order valence-corrected chi connectivity index (χ0v) is 13.9. The largest absolute Gasteiger partial charge is 0.356 e. The first-order valence-corrected chi connectivity index (χ1v) is 9.52. The average molecular weight is 317 g/mol. The third-order valence-corrected chi connectivity index (χ3v) is 4.69. The van der Waals surface area contributed by atoms with E-state index < -0.39 is 9.84 Å². The maximum Gasteiger partial charge on any atom is 0.191 e. The zero-order valence-electron chi connectivity index (χ0n) is 12.2. The summed E-state index contributed by atoms with van der Waals surface area (Å²) in [5, 5.41) is 8.49. The molecule has 0 fully saturated rings. The predicted molar refractivity (Wildman–Crippen MR) is 86.3 cm³/mol. The van der Waals surface area contributed by atoms with Crippen LogP contribution < -0.4 is 10.6 Å². The number of thiophene rings is 1. The van der Waals surface area contributed by atoms with E-state index in [0.717, 1.165) is 13.0 Å². The molecule has 0 bridgehead atoms. The van der Waals surface area contributed by atoms with E-state index in [1.54, 1.807) is 18.4 Å². The van der Waals surface area contributed by atoms with Crippen molar-refractivity contribution in [1.29, 1.82) is 0 Å². The van der Waals surface area contributed by atoms with Crippen LogP contribution in [0.4, 0.5) is 0 Å². The van der Waals surface area contributed by atoms with Gasteiger partial charge in [-0.05, 0) is 31.2 Å². The van der Waals surface area contributed by atoms with E-state index in [-0.39, 0.29) is 11.8 Å². The zero-order chi connectivity index (χ0) is 15.0. The Kier molecular flexibility index (Phi) is 7.01. The van der Waals surface area contributed by atoms with Crippen LogP contribution in [0.2, 0.25) is 0 Å². The van der Waals surface area contributed by atoms with Crippen molar-refractivity contribution in [1.82, 2.24) is 10.6 Å². The number of rotatable bonds is 7. The van der Waals surface area contributed by atoms with Gasteiger partial charge in [0, 0.05) is 30.8 Å². The predicted octanol–water partition coefficient (Wildman–Crippen LogP) is 1.28. The van der Waals surface area contributed by atoms with Gasteiger partial charge >= 0.3 is 0 Å². The Morgan fingerprint density at radius 3 is 2.80 bits per heavy atom.